The SMILES string of the molecule is CCCCCCCC(CCCCCC)N1CCC(C(C)(C)C)CC1. The highest BCUT2D eigenvalue weighted by atomic mass is 15.2. The Labute approximate surface area is 154 Å². The zero-order valence-corrected chi connectivity index (χ0v) is 17.7. The highest BCUT2D eigenvalue weighted by Crippen LogP contribution is 2.35. The number of rotatable bonds is 12. The van der Waals surface area contributed by atoms with Crippen molar-refractivity contribution in [3.8, 4) is 0 Å². The second kappa shape index (κ2) is 12.3. The topological polar surface area (TPSA) is 3.24 Å². The summed E-state index contributed by atoms with van der Waals surface area (Å²) in [4.78, 5) is 2.87. The molecule has 0 saturated carbocycles. The molecule has 0 bridgehead atoms. The highest BCUT2D eigenvalue weighted by Gasteiger charge is 2.30. The van der Waals surface area contributed by atoms with Gasteiger partial charge in [-0.1, -0.05) is 92.4 Å². The van der Waals surface area contributed by atoms with E-state index < -0.39 is 0 Å². The quantitative estimate of drug-likeness (QED) is 0.334. The number of piperidine rings is 1. The van der Waals surface area contributed by atoms with E-state index in [9.17, 15) is 0 Å². The number of likely N-dealkylation sites (tertiary alicyclic amines) is 1. The summed E-state index contributed by atoms with van der Waals surface area (Å²) < 4.78 is 0. The first kappa shape index (κ1) is 22.0. The van der Waals surface area contributed by atoms with Crippen molar-refractivity contribution in [3.05, 3.63) is 0 Å². The molecule has 1 saturated heterocycles. The Balaban J connectivity index is 2.39. The average molecular weight is 338 g/mol. The molecule has 0 radical (unpaired) electrons. The van der Waals surface area contributed by atoms with Crippen LogP contribution in [0.2, 0.25) is 0 Å². The van der Waals surface area contributed by atoms with Crippen LogP contribution < -0.4 is 0 Å². The summed E-state index contributed by atoms with van der Waals surface area (Å²) in [6.45, 7) is 14.7. The summed E-state index contributed by atoms with van der Waals surface area (Å²) in [7, 11) is 0. The van der Waals surface area contributed by atoms with Crippen molar-refractivity contribution in [3.63, 3.8) is 0 Å². The fourth-order valence-electron chi connectivity index (χ4n) is 4.43. The van der Waals surface area contributed by atoms with Gasteiger partial charge in [-0.3, -0.25) is 0 Å². The van der Waals surface area contributed by atoms with Crippen molar-refractivity contribution in [1.82, 2.24) is 4.90 Å². The standard InChI is InChI=1S/C23H47N/c1-6-8-10-12-14-16-22(15-13-11-9-7-2)24-19-17-21(18-20-24)23(3,4)5/h21-22H,6-20H2,1-5H3. The van der Waals surface area contributed by atoms with Crippen molar-refractivity contribution in [2.24, 2.45) is 11.3 Å². The van der Waals surface area contributed by atoms with Crippen LogP contribution >= 0.6 is 0 Å². The van der Waals surface area contributed by atoms with Gasteiger partial charge < -0.3 is 4.90 Å². The smallest absolute Gasteiger partial charge is 0.00952 e. The molecule has 1 aliphatic rings. The molecule has 1 fully saturated rings. The second-order valence-corrected chi connectivity index (χ2v) is 9.38. The Kier molecular flexibility index (Phi) is 11.3. The molecule has 1 heteroatoms. The molecule has 0 amide bonds. The van der Waals surface area contributed by atoms with Gasteiger partial charge >= 0.3 is 0 Å². The van der Waals surface area contributed by atoms with Crippen LogP contribution in [-0.2, 0) is 0 Å². The zero-order valence-electron chi connectivity index (χ0n) is 17.7. The summed E-state index contributed by atoms with van der Waals surface area (Å²) in [6, 6.07) is 0.879. The first-order chi connectivity index (χ1) is 11.5. The minimum absolute atomic E-state index is 0.503. The molecule has 144 valence electrons. The highest BCUT2D eigenvalue weighted by molar-refractivity contribution is 4.83. The van der Waals surface area contributed by atoms with Crippen LogP contribution in [0.4, 0.5) is 0 Å². The van der Waals surface area contributed by atoms with Gasteiger partial charge in [0.1, 0.15) is 0 Å². The van der Waals surface area contributed by atoms with Gasteiger partial charge in [-0.15, -0.1) is 0 Å². The number of hydrogen-bond donors (Lipinski definition) is 0. The molecule has 0 spiro atoms. The van der Waals surface area contributed by atoms with Crippen molar-refractivity contribution >= 4 is 0 Å². The summed E-state index contributed by atoms with van der Waals surface area (Å²) in [6.07, 6.45) is 18.6. The predicted octanol–water partition coefficient (Wildman–Crippen LogP) is 7.44. The van der Waals surface area contributed by atoms with Crippen LogP contribution in [-0.4, -0.2) is 24.0 Å². The van der Waals surface area contributed by atoms with Gasteiger partial charge in [0.25, 0.3) is 0 Å². The molecule has 0 aliphatic carbocycles. The van der Waals surface area contributed by atoms with Crippen LogP contribution in [0.25, 0.3) is 0 Å². The van der Waals surface area contributed by atoms with Crippen LogP contribution in [0.3, 0.4) is 0 Å². The Bertz CT molecular complexity index is 283. The van der Waals surface area contributed by atoms with Gasteiger partial charge in [-0.2, -0.15) is 0 Å². The molecule has 1 rings (SSSR count). The van der Waals surface area contributed by atoms with Gasteiger partial charge in [-0.25, -0.2) is 0 Å². The van der Waals surface area contributed by atoms with Crippen LogP contribution in [0.15, 0.2) is 0 Å². The number of unbranched alkanes of at least 4 members (excludes halogenated alkanes) is 7. The summed E-state index contributed by atoms with van der Waals surface area (Å²) in [5, 5.41) is 0. The molecular formula is C23H47N. The molecule has 1 unspecified atom stereocenters. The van der Waals surface area contributed by atoms with E-state index in [1.165, 1.54) is 96.6 Å². The van der Waals surface area contributed by atoms with Gasteiger partial charge in [0, 0.05) is 6.04 Å². The Hall–Kier alpha value is -0.0400. The molecule has 1 atom stereocenters. The monoisotopic (exact) mass is 337 g/mol. The van der Waals surface area contributed by atoms with Crippen molar-refractivity contribution < 1.29 is 0 Å². The minimum atomic E-state index is 0.503. The van der Waals surface area contributed by atoms with Gasteiger partial charge in [0.2, 0.25) is 0 Å². The molecule has 1 heterocycles. The van der Waals surface area contributed by atoms with Gasteiger partial charge in [-0.05, 0) is 50.1 Å². The molecule has 0 N–H and O–H groups in total. The molecular weight excluding hydrogens is 290 g/mol. The van der Waals surface area contributed by atoms with E-state index in [1.54, 1.807) is 0 Å². The van der Waals surface area contributed by atoms with E-state index in [0.29, 0.717) is 5.41 Å². The fourth-order valence-corrected chi connectivity index (χ4v) is 4.43. The normalized spacial score (nSPS) is 18.9. The van der Waals surface area contributed by atoms with E-state index in [4.69, 9.17) is 0 Å². The minimum Gasteiger partial charge on any atom is -0.300 e. The van der Waals surface area contributed by atoms with E-state index in [-0.39, 0.29) is 0 Å². The van der Waals surface area contributed by atoms with E-state index in [1.807, 2.05) is 0 Å². The largest absolute Gasteiger partial charge is 0.300 e. The number of nitrogens with zero attached hydrogens (tertiary/aromatic N) is 1. The van der Waals surface area contributed by atoms with Gasteiger partial charge in [0.15, 0.2) is 0 Å². The lowest BCUT2D eigenvalue weighted by Gasteiger charge is -2.42. The third-order valence-corrected chi connectivity index (χ3v) is 6.30. The second-order valence-electron chi connectivity index (χ2n) is 9.38. The first-order valence-electron chi connectivity index (χ1n) is 11.2. The number of hydrogen-bond acceptors (Lipinski definition) is 1. The summed E-state index contributed by atoms with van der Waals surface area (Å²) in [5.74, 6) is 0.930. The Morgan fingerprint density at radius 3 is 1.67 bits per heavy atom. The van der Waals surface area contributed by atoms with Crippen LogP contribution in [0, 0.1) is 11.3 Å². The summed E-state index contributed by atoms with van der Waals surface area (Å²) >= 11 is 0. The fraction of sp³-hybridized carbons (Fsp3) is 1.00. The third kappa shape index (κ3) is 8.88. The van der Waals surface area contributed by atoms with Gasteiger partial charge in [0.05, 0.1) is 0 Å². The zero-order chi connectivity index (χ0) is 17.8. The van der Waals surface area contributed by atoms with E-state index in [0.717, 1.165) is 12.0 Å². The molecule has 0 aromatic rings. The van der Waals surface area contributed by atoms with E-state index in [2.05, 4.69) is 39.5 Å². The predicted molar refractivity (Wildman–Crippen MR) is 110 cm³/mol. The Morgan fingerprint density at radius 2 is 1.21 bits per heavy atom. The molecule has 0 aromatic heterocycles. The maximum Gasteiger partial charge on any atom is 0.00952 e. The molecule has 0 aromatic carbocycles. The average Bonchev–Trinajstić information content (AvgIpc) is 2.56. The molecule has 24 heavy (non-hydrogen) atoms. The maximum atomic E-state index is 2.87. The van der Waals surface area contributed by atoms with Crippen LogP contribution in [0.1, 0.15) is 118 Å². The lowest BCUT2D eigenvalue weighted by atomic mass is 9.75. The lowest BCUT2D eigenvalue weighted by Crippen LogP contribution is -2.43. The van der Waals surface area contributed by atoms with E-state index >= 15 is 0 Å². The summed E-state index contributed by atoms with van der Waals surface area (Å²) in [5.41, 5.74) is 0.503. The third-order valence-electron chi connectivity index (χ3n) is 6.30. The maximum absolute atomic E-state index is 2.87. The first-order valence-corrected chi connectivity index (χ1v) is 11.2. The Morgan fingerprint density at radius 1 is 0.750 bits per heavy atom. The lowest BCUT2D eigenvalue weighted by molar-refractivity contribution is 0.0740. The van der Waals surface area contributed by atoms with Crippen molar-refractivity contribution in [1.29, 1.82) is 0 Å². The molecule has 1 nitrogen and oxygen atoms in total. The van der Waals surface area contributed by atoms with Crippen LogP contribution in [0.5, 0.6) is 0 Å². The van der Waals surface area contributed by atoms with Crippen molar-refractivity contribution in [2.45, 2.75) is 124 Å². The molecule has 1 aliphatic heterocycles. The van der Waals surface area contributed by atoms with Crippen molar-refractivity contribution in [2.75, 3.05) is 13.1 Å².